The number of carbonyl (C=O) groups is 1. The van der Waals surface area contributed by atoms with Gasteiger partial charge in [0.25, 0.3) is 5.69 Å². The average molecular weight is 379 g/mol. The quantitative estimate of drug-likeness (QED) is 0.218. The summed E-state index contributed by atoms with van der Waals surface area (Å²) in [6.45, 7) is 3.68. The van der Waals surface area contributed by atoms with E-state index in [2.05, 4.69) is 0 Å². The highest BCUT2D eigenvalue weighted by Crippen LogP contribution is 2.23. The third-order valence-electron chi connectivity index (χ3n) is 4.38. The summed E-state index contributed by atoms with van der Waals surface area (Å²) in [5.41, 5.74) is 2.79. The summed E-state index contributed by atoms with van der Waals surface area (Å²) < 4.78 is 10.5. The Balaban J connectivity index is 1.76. The molecule has 2 aromatic carbocycles. The molecule has 0 spiro atoms. The normalized spacial score (nSPS) is 11.1. The van der Waals surface area contributed by atoms with Gasteiger partial charge in [-0.2, -0.15) is 0 Å². The molecular weight excluding hydrogens is 362 g/mol. The second-order valence-electron chi connectivity index (χ2n) is 6.27. The van der Waals surface area contributed by atoms with E-state index in [1.54, 1.807) is 6.07 Å². The van der Waals surface area contributed by atoms with Crippen molar-refractivity contribution in [2.75, 3.05) is 0 Å². The van der Waals surface area contributed by atoms with Gasteiger partial charge in [0, 0.05) is 35.2 Å². The standard InChI is InChI=1S/C21H17NO6/c1-13-6-8-18-16(11-20(24)28-21(18)14(13)2)12-27-19(23)9-7-15-4-3-5-17(10-15)22(25)26/h3-11H,12H2,1-2H3. The van der Waals surface area contributed by atoms with E-state index in [4.69, 9.17) is 9.15 Å². The van der Waals surface area contributed by atoms with Gasteiger partial charge in [-0.25, -0.2) is 9.59 Å². The maximum Gasteiger partial charge on any atom is 0.336 e. The van der Waals surface area contributed by atoms with Gasteiger partial charge in [0.05, 0.1) is 4.92 Å². The van der Waals surface area contributed by atoms with Crippen LogP contribution in [0.15, 0.2) is 57.8 Å². The molecular formula is C21H17NO6. The lowest BCUT2D eigenvalue weighted by atomic mass is 10.0. The molecule has 7 nitrogen and oxygen atoms in total. The second kappa shape index (κ2) is 7.87. The number of hydrogen-bond acceptors (Lipinski definition) is 6. The van der Waals surface area contributed by atoms with Crippen LogP contribution in [0.1, 0.15) is 22.3 Å². The molecule has 0 N–H and O–H groups in total. The number of nitrogens with zero attached hydrogens (tertiary/aromatic N) is 1. The molecule has 0 aliphatic carbocycles. The molecule has 142 valence electrons. The van der Waals surface area contributed by atoms with Crippen molar-refractivity contribution in [2.24, 2.45) is 0 Å². The smallest absolute Gasteiger partial charge is 0.336 e. The summed E-state index contributed by atoms with van der Waals surface area (Å²) in [5.74, 6) is -0.628. The zero-order chi connectivity index (χ0) is 20.3. The molecule has 0 amide bonds. The van der Waals surface area contributed by atoms with Crippen molar-refractivity contribution in [1.29, 1.82) is 0 Å². The number of non-ortho nitro benzene ring substituents is 1. The van der Waals surface area contributed by atoms with Crippen molar-refractivity contribution >= 4 is 28.7 Å². The molecule has 0 saturated heterocycles. The first kappa shape index (κ1) is 19.0. The number of benzene rings is 2. The zero-order valence-electron chi connectivity index (χ0n) is 15.3. The molecule has 0 bridgehead atoms. The molecule has 3 rings (SSSR count). The number of hydrogen-bond donors (Lipinski definition) is 0. The van der Waals surface area contributed by atoms with Crippen molar-refractivity contribution in [1.82, 2.24) is 0 Å². The number of rotatable bonds is 5. The molecule has 1 aromatic heterocycles. The van der Waals surface area contributed by atoms with Crippen LogP contribution >= 0.6 is 0 Å². The molecule has 0 radical (unpaired) electrons. The Morgan fingerprint density at radius 3 is 2.75 bits per heavy atom. The van der Waals surface area contributed by atoms with Crippen molar-refractivity contribution in [3.05, 3.63) is 91.3 Å². The molecule has 0 saturated carbocycles. The lowest BCUT2D eigenvalue weighted by molar-refractivity contribution is -0.384. The number of nitro groups is 1. The number of fused-ring (bicyclic) bond motifs is 1. The highest BCUT2D eigenvalue weighted by atomic mass is 16.6. The van der Waals surface area contributed by atoms with Crippen LogP contribution in [0.2, 0.25) is 0 Å². The Kier molecular flexibility index (Phi) is 5.35. The van der Waals surface area contributed by atoms with Gasteiger partial charge in [-0.05, 0) is 36.6 Å². The summed E-state index contributed by atoms with van der Waals surface area (Å²) in [6.07, 6.45) is 2.61. The fraction of sp³-hybridized carbons (Fsp3) is 0.143. The predicted octanol–water partition coefficient (Wildman–Crippen LogP) is 4.07. The first-order valence-electron chi connectivity index (χ1n) is 8.47. The highest BCUT2D eigenvalue weighted by Gasteiger charge is 2.11. The van der Waals surface area contributed by atoms with Gasteiger partial charge in [-0.3, -0.25) is 10.1 Å². The first-order valence-corrected chi connectivity index (χ1v) is 8.47. The average Bonchev–Trinajstić information content (AvgIpc) is 2.68. The van der Waals surface area contributed by atoms with Crippen LogP contribution < -0.4 is 5.63 Å². The van der Waals surface area contributed by atoms with Gasteiger partial charge in [-0.1, -0.05) is 24.3 Å². The van der Waals surface area contributed by atoms with Crippen LogP contribution in [0.5, 0.6) is 0 Å². The van der Waals surface area contributed by atoms with Crippen molar-refractivity contribution in [2.45, 2.75) is 20.5 Å². The Morgan fingerprint density at radius 1 is 1.21 bits per heavy atom. The zero-order valence-corrected chi connectivity index (χ0v) is 15.3. The summed E-state index contributed by atoms with van der Waals surface area (Å²) in [7, 11) is 0. The number of esters is 1. The maximum absolute atomic E-state index is 12.0. The summed E-state index contributed by atoms with van der Waals surface area (Å²) >= 11 is 0. The SMILES string of the molecule is Cc1ccc2c(COC(=O)C=Cc3cccc([N+](=O)[O-])c3)cc(=O)oc2c1C. The summed E-state index contributed by atoms with van der Waals surface area (Å²) in [6, 6.07) is 10.9. The lowest BCUT2D eigenvalue weighted by Gasteiger charge is -2.09. The van der Waals surface area contributed by atoms with Crippen molar-refractivity contribution < 1.29 is 18.9 Å². The molecule has 0 aliphatic heterocycles. The largest absolute Gasteiger partial charge is 0.458 e. The van der Waals surface area contributed by atoms with Gasteiger partial charge in [-0.15, -0.1) is 0 Å². The maximum atomic E-state index is 12.0. The van der Waals surface area contributed by atoms with Crippen LogP contribution in [-0.4, -0.2) is 10.9 Å². The first-order chi connectivity index (χ1) is 13.3. The Bertz CT molecular complexity index is 1160. The third kappa shape index (κ3) is 4.15. The van der Waals surface area contributed by atoms with Gasteiger partial charge < -0.3 is 9.15 Å². The monoisotopic (exact) mass is 379 g/mol. The molecule has 3 aromatic rings. The van der Waals surface area contributed by atoms with Gasteiger partial charge >= 0.3 is 11.6 Å². The number of aryl methyl sites for hydroxylation is 2. The van der Waals surface area contributed by atoms with E-state index in [0.29, 0.717) is 22.1 Å². The minimum Gasteiger partial charge on any atom is -0.458 e. The molecule has 7 heteroatoms. The number of nitro benzene ring substituents is 1. The highest BCUT2D eigenvalue weighted by molar-refractivity contribution is 5.88. The molecule has 0 atom stereocenters. The van der Waals surface area contributed by atoms with Gasteiger partial charge in [0.1, 0.15) is 12.2 Å². The van der Waals surface area contributed by atoms with Crippen molar-refractivity contribution in [3.8, 4) is 0 Å². The lowest BCUT2D eigenvalue weighted by Crippen LogP contribution is -2.06. The molecule has 1 heterocycles. The van der Waals surface area contributed by atoms with Crippen LogP contribution in [0.4, 0.5) is 5.69 Å². The third-order valence-corrected chi connectivity index (χ3v) is 4.38. The van der Waals surface area contributed by atoms with Crippen LogP contribution in [0, 0.1) is 24.0 Å². The Morgan fingerprint density at radius 2 is 2.00 bits per heavy atom. The van der Waals surface area contributed by atoms with E-state index in [9.17, 15) is 19.7 Å². The molecule has 0 aliphatic rings. The van der Waals surface area contributed by atoms with E-state index >= 15 is 0 Å². The van der Waals surface area contributed by atoms with Gasteiger partial charge in [0.2, 0.25) is 0 Å². The summed E-state index contributed by atoms with van der Waals surface area (Å²) in [5, 5.41) is 11.5. The molecule has 0 unspecified atom stereocenters. The topological polar surface area (TPSA) is 99.6 Å². The predicted molar refractivity (Wildman–Crippen MR) is 104 cm³/mol. The van der Waals surface area contributed by atoms with E-state index in [-0.39, 0.29) is 12.3 Å². The Hall–Kier alpha value is -3.74. The molecule has 28 heavy (non-hydrogen) atoms. The molecule has 0 fully saturated rings. The minimum absolute atomic E-state index is 0.0661. The fourth-order valence-electron chi connectivity index (χ4n) is 2.75. The van der Waals surface area contributed by atoms with E-state index < -0.39 is 16.5 Å². The number of ether oxygens (including phenoxy) is 1. The Labute approximate surface area is 160 Å². The van der Waals surface area contributed by atoms with Crippen LogP contribution in [-0.2, 0) is 16.1 Å². The minimum atomic E-state index is -0.628. The van der Waals surface area contributed by atoms with Crippen molar-refractivity contribution in [3.63, 3.8) is 0 Å². The second-order valence-corrected chi connectivity index (χ2v) is 6.27. The van der Waals surface area contributed by atoms with E-state index in [1.807, 2.05) is 26.0 Å². The number of carbonyl (C=O) groups excluding carboxylic acids is 1. The van der Waals surface area contributed by atoms with E-state index in [1.165, 1.54) is 36.4 Å². The summed E-state index contributed by atoms with van der Waals surface area (Å²) in [4.78, 5) is 34.1. The van der Waals surface area contributed by atoms with E-state index in [0.717, 1.165) is 11.1 Å². The fourth-order valence-corrected chi connectivity index (χ4v) is 2.75. The van der Waals surface area contributed by atoms with Crippen LogP contribution in [0.25, 0.3) is 17.0 Å². The van der Waals surface area contributed by atoms with Gasteiger partial charge in [0.15, 0.2) is 0 Å². The van der Waals surface area contributed by atoms with Crippen LogP contribution in [0.3, 0.4) is 0 Å².